The van der Waals surface area contributed by atoms with Crippen molar-refractivity contribution < 1.29 is 8.42 Å². The second-order valence-corrected chi connectivity index (χ2v) is 7.13. The first-order valence-corrected chi connectivity index (χ1v) is 8.24. The highest BCUT2D eigenvalue weighted by molar-refractivity contribution is 7.90. The monoisotopic (exact) mass is 330 g/mol. The van der Waals surface area contributed by atoms with E-state index in [1.165, 1.54) is 12.1 Å². The van der Waals surface area contributed by atoms with Crippen LogP contribution in [0.25, 0.3) is 0 Å². The second kappa shape index (κ2) is 5.52. The fraction of sp³-hybridized carbons (Fsp3) is 0.0769. The molecule has 7 heteroatoms. The van der Waals surface area contributed by atoms with Gasteiger partial charge in [-0.2, -0.15) is 0 Å². The molecule has 20 heavy (non-hydrogen) atoms. The van der Waals surface area contributed by atoms with Crippen LogP contribution in [0.3, 0.4) is 0 Å². The Bertz CT molecular complexity index is 761. The van der Waals surface area contributed by atoms with Gasteiger partial charge in [0.1, 0.15) is 0 Å². The van der Waals surface area contributed by atoms with Crippen LogP contribution in [0.4, 0.5) is 17.1 Å². The Morgan fingerprint density at radius 1 is 1.05 bits per heavy atom. The van der Waals surface area contributed by atoms with E-state index in [4.69, 9.17) is 28.9 Å². The summed E-state index contributed by atoms with van der Waals surface area (Å²) in [6.07, 6.45) is 1.13. The van der Waals surface area contributed by atoms with Gasteiger partial charge >= 0.3 is 0 Å². The van der Waals surface area contributed by atoms with Crippen molar-refractivity contribution in [3.8, 4) is 0 Å². The zero-order chi connectivity index (χ0) is 14.9. The van der Waals surface area contributed by atoms with Gasteiger partial charge in [-0.15, -0.1) is 0 Å². The van der Waals surface area contributed by atoms with Crippen LogP contribution in [0, 0.1) is 0 Å². The molecule has 0 radical (unpaired) electrons. The standard InChI is InChI=1S/C13H12Cl2N2O2S/c1-20(18,19)9-3-5-13(11(16)7-9)17-12-4-2-8(14)6-10(12)15/h2-7,17H,16H2,1H3. The van der Waals surface area contributed by atoms with Crippen molar-refractivity contribution in [2.75, 3.05) is 17.3 Å². The van der Waals surface area contributed by atoms with Gasteiger partial charge in [-0.05, 0) is 36.4 Å². The van der Waals surface area contributed by atoms with E-state index in [0.717, 1.165) is 6.26 Å². The molecule has 0 aromatic heterocycles. The largest absolute Gasteiger partial charge is 0.397 e. The summed E-state index contributed by atoms with van der Waals surface area (Å²) in [5.41, 5.74) is 7.37. The Labute approximate surface area is 127 Å². The van der Waals surface area contributed by atoms with Gasteiger partial charge in [0.25, 0.3) is 0 Å². The number of nitrogens with one attached hydrogen (secondary N) is 1. The topological polar surface area (TPSA) is 72.2 Å². The van der Waals surface area contributed by atoms with Crippen LogP contribution in [0.2, 0.25) is 10.0 Å². The maximum atomic E-state index is 11.4. The smallest absolute Gasteiger partial charge is 0.175 e. The van der Waals surface area contributed by atoms with Crippen molar-refractivity contribution in [1.29, 1.82) is 0 Å². The van der Waals surface area contributed by atoms with E-state index in [1.54, 1.807) is 24.3 Å². The molecule has 0 aliphatic carbocycles. The zero-order valence-electron chi connectivity index (χ0n) is 10.5. The van der Waals surface area contributed by atoms with Crippen LogP contribution < -0.4 is 11.1 Å². The number of benzene rings is 2. The minimum atomic E-state index is -3.28. The molecule has 0 heterocycles. The molecular weight excluding hydrogens is 319 g/mol. The SMILES string of the molecule is CS(=O)(=O)c1ccc(Nc2ccc(Cl)cc2Cl)c(N)c1. The van der Waals surface area contributed by atoms with Crippen molar-refractivity contribution in [2.24, 2.45) is 0 Å². The van der Waals surface area contributed by atoms with Crippen molar-refractivity contribution in [1.82, 2.24) is 0 Å². The maximum absolute atomic E-state index is 11.4. The van der Waals surface area contributed by atoms with Crippen LogP contribution in [0.1, 0.15) is 0 Å². The predicted octanol–water partition coefficient (Wildman–Crippen LogP) is 3.72. The van der Waals surface area contributed by atoms with Gasteiger partial charge in [0.05, 0.1) is 27.0 Å². The molecule has 0 amide bonds. The number of sulfone groups is 1. The average molecular weight is 331 g/mol. The molecule has 0 aliphatic heterocycles. The Kier molecular flexibility index (Phi) is 4.13. The maximum Gasteiger partial charge on any atom is 0.175 e. The van der Waals surface area contributed by atoms with E-state index >= 15 is 0 Å². The molecule has 0 spiro atoms. The summed E-state index contributed by atoms with van der Waals surface area (Å²) in [6.45, 7) is 0. The van der Waals surface area contributed by atoms with Crippen molar-refractivity contribution >= 4 is 50.1 Å². The number of hydrogen-bond acceptors (Lipinski definition) is 4. The molecule has 0 aliphatic rings. The van der Waals surface area contributed by atoms with Crippen molar-refractivity contribution in [3.05, 3.63) is 46.4 Å². The molecule has 0 fully saturated rings. The summed E-state index contributed by atoms with van der Waals surface area (Å²) < 4.78 is 22.9. The molecule has 4 nitrogen and oxygen atoms in total. The number of nitrogen functional groups attached to an aromatic ring is 1. The van der Waals surface area contributed by atoms with Crippen LogP contribution in [-0.2, 0) is 9.84 Å². The molecule has 2 aromatic rings. The van der Waals surface area contributed by atoms with E-state index in [1.807, 2.05) is 0 Å². The van der Waals surface area contributed by atoms with Crippen LogP contribution in [0.5, 0.6) is 0 Å². The van der Waals surface area contributed by atoms with Gasteiger partial charge in [-0.3, -0.25) is 0 Å². The lowest BCUT2D eigenvalue weighted by molar-refractivity contribution is 0.602. The van der Waals surface area contributed by atoms with Gasteiger partial charge in [-0.1, -0.05) is 23.2 Å². The summed E-state index contributed by atoms with van der Waals surface area (Å²) in [5, 5.41) is 4.01. The predicted molar refractivity (Wildman–Crippen MR) is 83.7 cm³/mol. The van der Waals surface area contributed by atoms with Crippen LogP contribution in [0.15, 0.2) is 41.3 Å². The first kappa shape index (κ1) is 15.0. The summed E-state index contributed by atoms with van der Waals surface area (Å²) in [5.74, 6) is 0. The van der Waals surface area contributed by atoms with Crippen LogP contribution in [-0.4, -0.2) is 14.7 Å². The Morgan fingerprint density at radius 2 is 1.70 bits per heavy atom. The highest BCUT2D eigenvalue weighted by atomic mass is 35.5. The molecule has 3 N–H and O–H groups in total. The van der Waals surface area contributed by atoms with E-state index in [-0.39, 0.29) is 4.90 Å². The lowest BCUT2D eigenvalue weighted by atomic mass is 10.2. The Morgan fingerprint density at radius 3 is 2.25 bits per heavy atom. The summed E-state index contributed by atoms with van der Waals surface area (Å²) >= 11 is 11.9. The van der Waals surface area contributed by atoms with E-state index in [2.05, 4.69) is 5.32 Å². The van der Waals surface area contributed by atoms with Crippen molar-refractivity contribution in [2.45, 2.75) is 4.90 Å². The third-order valence-corrected chi connectivity index (χ3v) is 4.31. The minimum absolute atomic E-state index is 0.169. The molecule has 0 saturated heterocycles. The molecule has 0 bridgehead atoms. The lowest BCUT2D eigenvalue weighted by Gasteiger charge is -2.12. The number of rotatable bonds is 3. The molecule has 0 saturated carbocycles. The molecule has 0 unspecified atom stereocenters. The van der Waals surface area contributed by atoms with Gasteiger partial charge in [0, 0.05) is 11.3 Å². The Hall–Kier alpha value is -1.43. The molecule has 106 valence electrons. The summed E-state index contributed by atoms with van der Waals surface area (Å²) in [4.78, 5) is 0.169. The average Bonchev–Trinajstić information content (AvgIpc) is 2.33. The quantitative estimate of drug-likeness (QED) is 0.841. The first-order valence-electron chi connectivity index (χ1n) is 5.59. The van der Waals surface area contributed by atoms with E-state index in [0.29, 0.717) is 27.1 Å². The number of anilines is 3. The Balaban J connectivity index is 2.35. The zero-order valence-corrected chi connectivity index (χ0v) is 12.9. The second-order valence-electron chi connectivity index (χ2n) is 4.27. The number of nitrogens with two attached hydrogens (primary N) is 1. The van der Waals surface area contributed by atoms with Gasteiger partial charge < -0.3 is 11.1 Å². The van der Waals surface area contributed by atoms with Crippen LogP contribution >= 0.6 is 23.2 Å². The van der Waals surface area contributed by atoms with Crippen molar-refractivity contribution in [3.63, 3.8) is 0 Å². The fourth-order valence-electron chi connectivity index (χ4n) is 1.62. The fourth-order valence-corrected chi connectivity index (χ4v) is 2.73. The molecule has 0 atom stereocenters. The van der Waals surface area contributed by atoms with Gasteiger partial charge in [-0.25, -0.2) is 8.42 Å². The number of halogens is 2. The minimum Gasteiger partial charge on any atom is -0.397 e. The first-order chi connectivity index (χ1) is 9.27. The lowest BCUT2D eigenvalue weighted by Crippen LogP contribution is -2.01. The third-order valence-electron chi connectivity index (χ3n) is 2.65. The highest BCUT2D eigenvalue weighted by Gasteiger charge is 2.10. The normalized spacial score (nSPS) is 11.3. The summed E-state index contributed by atoms with van der Waals surface area (Å²) in [6, 6.07) is 9.49. The van der Waals surface area contributed by atoms with Gasteiger partial charge in [0.2, 0.25) is 0 Å². The molecule has 2 aromatic carbocycles. The van der Waals surface area contributed by atoms with Gasteiger partial charge in [0.15, 0.2) is 9.84 Å². The van der Waals surface area contributed by atoms with E-state index in [9.17, 15) is 8.42 Å². The number of hydrogen-bond donors (Lipinski definition) is 2. The third kappa shape index (κ3) is 3.36. The molecule has 2 rings (SSSR count). The highest BCUT2D eigenvalue weighted by Crippen LogP contribution is 2.31. The molecular formula is C13H12Cl2N2O2S. The summed E-state index contributed by atoms with van der Waals surface area (Å²) in [7, 11) is -3.28. The van der Waals surface area contributed by atoms with E-state index < -0.39 is 9.84 Å².